The molecule has 0 atom stereocenters. The van der Waals surface area contributed by atoms with Crippen LogP contribution in [-0.2, 0) is 15.3 Å². The van der Waals surface area contributed by atoms with E-state index in [-0.39, 0.29) is 12.5 Å². The van der Waals surface area contributed by atoms with Crippen LogP contribution in [0.3, 0.4) is 0 Å². The van der Waals surface area contributed by atoms with Crippen molar-refractivity contribution in [3.8, 4) is 0 Å². The van der Waals surface area contributed by atoms with Crippen LogP contribution in [0.5, 0.6) is 0 Å². The molecule has 30 heavy (non-hydrogen) atoms. The molecule has 3 rings (SSSR count). The van der Waals surface area contributed by atoms with E-state index in [1.54, 1.807) is 11.8 Å². The van der Waals surface area contributed by atoms with E-state index in [0.717, 1.165) is 22.5 Å². The van der Waals surface area contributed by atoms with Gasteiger partial charge in [0, 0.05) is 18.1 Å². The van der Waals surface area contributed by atoms with Gasteiger partial charge in [0.2, 0.25) is 11.0 Å². The molecule has 0 bridgehead atoms. The smallest absolute Gasteiger partial charge is 0.413 e. The van der Waals surface area contributed by atoms with Crippen LogP contribution < -0.4 is 10.2 Å². The van der Waals surface area contributed by atoms with Gasteiger partial charge in [-0.2, -0.15) is 0 Å². The van der Waals surface area contributed by atoms with Gasteiger partial charge in [-0.25, -0.2) is 9.78 Å². The molecule has 1 N–H and O–H groups in total. The number of thioether (sulfide) groups is 1. The number of aromatic nitrogens is 3. The first-order chi connectivity index (χ1) is 14.4. The zero-order valence-corrected chi connectivity index (χ0v) is 19.4. The molecule has 8 nitrogen and oxygen atoms in total. The van der Waals surface area contributed by atoms with E-state index in [4.69, 9.17) is 4.74 Å². The van der Waals surface area contributed by atoms with Gasteiger partial charge in [0.15, 0.2) is 9.47 Å². The van der Waals surface area contributed by atoms with Gasteiger partial charge in [-0.15, -0.1) is 21.5 Å². The zero-order valence-electron chi connectivity index (χ0n) is 17.0. The maximum atomic E-state index is 12.4. The molecule has 0 radical (unpaired) electrons. The van der Waals surface area contributed by atoms with Gasteiger partial charge in [-0.1, -0.05) is 35.2 Å². The lowest BCUT2D eigenvalue weighted by Crippen LogP contribution is -2.23. The van der Waals surface area contributed by atoms with Crippen molar-refractivity contribution < 1.29 is 14.3 Å². The van der Waals surface area contributed by atoms with Crippen molar-refractivity contribution in [3.05, 3.63) is 40.4 Å². The summed E-state index contributed by atoms with van der Waals surface area (Å²) >= 11 is 4.15. The molecule has 2 amide bonds. The van der Waals surface area contributed by atoms with Crippen LogP contribution in [0, 0.1) is 13.8 Å². The summed E-state index contributed by atoms with van der Waals surface area (Å²) in [5.74, 6) is 0.486. The lowest BCUT2D eigenvalue weighted by Gasteiger charge is -2.21. The highest BCUT2D eigenvalue weighted by atomic mass is 32.2. The number of anilines is 3. The Bertz CT molecular complexity index is 1050. The van der Waals surface area contributed by atoms with Gasteiger partial charge in [0.25, 0.3) is 0 Å². The third-order valence-electron chi connectivity index (χ3n) is 4.10. The van der Waals surface area contributed by atoms with Crippen molar-refractivity contribution in [1.82, 2.24) is 15.2 Å². The molecule has 0 fully saturated rings. The predicted octanol–water partition coefficient (Wildman–Crippen LogP) is 5.16. The molecule has 0 saturated heterocycles. The number of aryl methyl sites for hydroxylation is 1. The van der Waals surface area contributed by atoms with Crippen LogP contribution in [0.4, 0.5) is 20.7 Å². The van der Waals surface area contributed by atoms with E-state index in [9.17, 15) is 9.59 Å². The van der Waals surface area contributed by atoms with Gasteiger partial charge in [-0.05, 0) is 38.0 Å². The highest BCUT2D eigenvalue weighted by Crippen LogP contribution is 2.34. The second kappa shape index (κ2) is 10.0. The zero-order chi connectivity index (χ0) is 21.7. The second-order valence-corrected chi connectivity index (χ2v) is 9.24. The molecule has 0 aliphatic rings. The van der Waals surface area contributed by atoms with Crippen molar-refractivity contribution in [2.75, 3.05) is 16.8 Å². The lowest BCUT2D eigenvalue weighted by molar-refractivity contribution is -0.115. The summed E-state index contributed by atoms with van der Waals surface area (Å²) in [6.45, 7) is 7.59. The number of ether oxygens (including phenoxy) is 1. The first-order valence-electron chi connectivity index (χ1n) is 9.10. The van der Waals surface area contributed by atoms with E-state index in [1.165, 1.54) is 41.4 Å². The van der Waals surface area contributed by atoms with Gasteiger partial charge < -0.3 is 4.74 Å². The number of benzene rings is 1. The van der Waals surface area contributed by atoms with Gasteiger partial charge >= 0.3 is 6.09 Å². The number of hydrogen-bond donors (Lipinski definition) is 1. The monoisotopic (exact) mass is 463 g/mol. The first-order valence-corrected chi connectivity index (χ1v) is 11.8. The summed E-state index contributed by atoms with van der Waals surface area (Å²) < 4.78 is 5.53. The van der Waals surface area contributed by atoms with E-state index in [0.29, 0.717) is 20.4 Å². The SMILES string of the molecule is CCOC(=O)Nc1nnc(SCc2csc(N(C(C)=O)c3cccc(C)c3C)n2)s1. The van der Waals surface area contributed by atoms with Crippen molar-refractivity contribution in [1.29, 1.82) is 0 Å². The van der Waals surface area contributed by atoms with E-state index in [2.05, 4.69) is 20.5 Å². The number of rotatable bonds is 7. The fraction of sp³-hybridized carbons (Fsp3) is 0.316. The van der Waals surface area contributed by atoms with Crippen molar-refractivity contribution in [2.45, 2.75) is 37.8 Å². The molecule has 0 spiro atoms. The normalized spacial score (nSPS) is 10.7. The maximum Gasteiger partial charge on any atom is 0.413 e. The Morgan fingerprint density at radius 3 is 2.80 bits per heavy atom. The third-order valence-corrected chi connectivity index (χ3v) is 6.98. The minimum atomic E-state index is -0.551. The van der Waals surface area contributed by atoms with E-state index in [1.807, 2.05) is 37.4 Å². The molecule has 0 aliphatic carbocycles. The molecular formula is C19H21N5O3S3. The van der Waals surface area contributed by atoms with Gasteiger partial charge in [-0.3, -0.25) is 15.0 Å². The Labute approximate surface area is 186 Å². The molecule has 1 aromatic carbocycles. The molecule has 11 heteroatoms. The summed E-state index contributed by atoms with van der Waals surface area (Å²) in [6, 6.07) is 5.89. The first kappa shape index (κ1) is 22.2. The predicted molar refractivity (Wildman–Crippen MR) is 121 cm³/mol. The molecule has 158 valence electrons. The number of thiazole rings is 1. The number of nitrogens with zero attached hydrogens (tertiary/aromatic N) is 4. The van der Waals surface area contributed by atoms with Crippen LogP contribution in [0.15, 0.2) is 27.9 Å². The highest BCUT2D eigenvalue weighted by Gasteiger charge is 2.20. The summed E-state index contributed by atoms with van der Waals surface area (Å²) in [4.78, 5) is 30.1. The molecule has 3 aromatic rings. The molecule has 0 unspecified atom stereocenters. The minimum Gasteiger partial charge on any atom is -0.450 e. The molecule has 0 aliphatic heterocycles. The summed E-state index contributed by atoms with van der Waals surface area (Å²) in [7, 11) is 0. The van der Waals surface area contributed by atoms with Crippen molar-refractivity contribution in [2.24, 2.45) is 0 Å². The van der Waals surface area contributed by atoms with E-state index < -0.39 is 6.09 Å². The highest BCUT2D eigenvalue weighted by molar-refractivity contribution is 8.00. The van der Waals surface area contributed by atoms with Crippen molar-refractivity contribution in [3.63, 3.8) is 0 Å². The Morgan fingerprint density at radius 1 is 1.27 bits per heavy atom. The minimum absolute atomic E-state index is 0.0870. The van der Waals surface area contributed by atoms with Crippen LogP contribution in [-0.4, -0.2) is 33.8 Å². The topological polar surface area (TPSA) is 97.3 Å². The number of hydrogen-bond acceptors (Lipinski definition) is 9. The molecule has 2 heterocycles. The average molecular weight is 464 g/mol. The van der Waals surface area contributed by atoms with Crippen LogP contribution in [0.2, 0.25) is 0 Å². The number of carbonyl (C=O) groups excluding carboxylic acids is 2. The number of amides is 2. The third kappa shape index (κ3) is 5.35. The molecular weight excluding hydrogens is 442 g/mol. The summed E-state index contributed by atoms with van der Waals surface area (Å²) in [6.07, 6.45) is -0.551. The van der Waals surface area contributed by atoms with E-state index >= 15 is 0 Å². The quantitative estimate of drug-likeness (QED) is 0.382. The summed E-state index contributed by atoms with van der Waals surface area (Å²) in [5, 5.41) is 13.5. The van der Waals surface area contributed by atoms with Crippen LogP contribution in [0.25, 0.3) is 0 Å². The fourth-order valence-corrected chi connectivity index (χ4v) is 5.17. The lowest BCUT2D eigenvalue weighted by atomic mass is 10.1. The van der Waals surface area contributed by atoms with Gasteiger partial charge in [0.1, 0.15) is 0 Å². The largest absolute Gasteiger partial charge is 0.450 e. The molecule has 0 saturated carbocycles. The fourth-order valence-electron chi connectivity index (χ4n) is 2.56. The van der Waals surface area contributed by atoms with Crippen LogP contribution >= 0.6 is 34.4 Å². The average Bonchev–Trinajstić information content (AvgIpc) is 3.33. The van der Waals surface area contributed by atoms with Gasteiger partial charge in [0.05, 0.1) is 18.0 Å². The Kier molecular flexibility index (Phi) is 7.40. The van der Waals surface area contributed by atoms with Crippen molar-refractivity contribution >= 4 is 62.4 Å². The maximum absolute atomic E-state index is 12.4. The Morgan fingerprint density at radius 2 is 2.07 bits per heavy atom. The number of nitrogens with one attached hydrogen (secondary N) is 1. The summed E-state index contributed by atoms with van der Waals surface area (Å²) in [5.41, 5.74) is 3.85. The standard InChI is InChI=1S/C19H21N5O3S3/c1-5-27-18(26)21-16-22-23-19(30-16)29-10-14-9-28-17(20-14)24(13(4)25)15-8-6-7-11(2)12(15)3/h6-9H,5,10H2,1-4H3,(H,21,22,26). The Balaban J connectivity index is 1.68. The number of carbonyl (C=O) groups is 2. The Hall–Kier alpha value is -2.50. The second-order valence-electron chi connectivity index (χ2n) is 6.20. The van der Waals surface area contributed by atoms with Crippen LogP contribution in [0.1, 0.15) is 30.7 Å². The molecule has 2 aromatic heterocycles.